The van der Waals surface area contributed by atoms with Crippen LogP contribution < -0.4 is 0 Å². The van der Waals surface area contributed by atoms with Crippen LogP contribution in [0.15, 0.2) is 48.5 Å². The summed E-state index contributed by atoms with van der Waals surface area (Å²) >= 11 is 0. The maximum absolute atomic E-state index is 13.2. The van der Waals surface area contributed by atoms with Gasteiger partial charge in [0, 0.05) is 10.9 Å². The van der Waals surface area contributed by atoms with E-state index < -0.39 is 11.7 Å². The van der Waals surface area contributed by atoms with Gasteiger partial charge in [-0.3, -0.25) is 4.98 Å². The zero-order valence-electron chi connectivity index (χ0n) is 15.0. The summed E-state index contributed by atoms with van der Waals surface area (Å²) in [6.45, 7) is 2.09. The first-order valence-electron chi connectivity index (χ1n) is 8.95. The second kappa shape index (κ2) is 7.79. The fourth-order valence-corrected chi connectivity index (χ4v) is 3.24. The van der Waals surface area contributed by atoms with Crippen molar-refractivity contribution in [3.8, 4) is 17.2 Å². The van der Waals surface area contributed by atoms with Gasteiger partial charge in [-0.2, -0.15) is 18.4 Å². The molecule has 2 aromatic carbocycles. The second-order valence-corrected chi connectivity index (χ2v) is 6.47. The number of fused-ring (bicyclic) bond motifs is 1. The summed E-state index contributed by atoms with van der Waals surface area (Å²) in [7, 11) is 0. The van der Waals surface area contributed by atoms with Crippen molar-refractivity contribution in [2.24, 2.45) is 0 Å². The van der Waals surface area contributed by atoms with Crippen molar-refractivity contribution in [3.63, 3.8) is 0 Å². The first kappa shape index (κ1) is 18.9. The quantitative estimate of drug-likeness (QED) is 0.480. The van der Waals surface area contributed by atoms with Crippen LogP contribution in [0.25, 0.3) is 22.0 Å². The highest BCUT2D eigenvalue weighted by atomic mass is 19.4. The van der Waals surface area contributed by atoms with Gasteiger partial charge in [0.1, 0.15) is 6.07 Å². The maximum atomic E-state index is 13.2. The molecule has 0 aliphatic rings. The molecule has 3 rings (SSSR count). The Morgan fingerprint density at radius 2 is 1.78 bits per heavy atom. The molecule has 0 atom stereocenters. The van der Waals surface area contributed by atoms with Crippen LogP contribution in [-0.4, -0.2) is 4.98 Å². The number of unbranched alkanes of at least 4 members (excludes halogenated alkanes) is 2. The summed E-state index contributed by atoms with van der Waals surface area (Å²) in [6.07, 6.45) is -0.880. The van der Waals surface area contributed by atoms with Crippen molar-refractivity contribution in [1.82, 2.24) is 4.98 Å². The van der Waals surface area contributed by atoms with Crippen LogP contribution in [0.1, 0.15) is 43.0 Å². The van der Waals surface area contributed by atoms with Crippen LogP contribution in [0.3, 0.4) is 0 Å². The Kier molecular flexibility index (Phi) is 5.46. The lowest BCUT2D eigenvalue weighted by Crippen LogP contribution is -2.06. The van der Waals surface area contributed by atoms with Crippen molar-refractivity contribution < 1.29 is 13.2 Å². The maximum Gasteiger partial charge on any atom is 0.416 e. The first-order valence-corrected chi connectivity index (χ1v) is 8.95. The molecule has 1 aromatic heterocycles. The van der Waals surface area contributed by atoms with Crippen LogP contribution in [-0.2, 0) is 12.6 Å². The second-order valence-electron chi connectivity index (χ2n) is 6.47. The van der Waals surface area contributed by atoms with E-state index in [2.05, 4.69) is 18.0 Å². The van der Waals surface area contributed by atoms with Crippen LogP contribution in [0.4, 0.5) is 13.2 Å². The summed E-state index contributed by atoms with van der Waals surface area (Å²) in [5, 5.41) is 10.1. The van der Waals surface area contributed by atoms with Crippen molar-refractivity contribution >= 4 is 10.9 Å². The molecule has 27 heavy (non-hydrogen) atoms. The van der Waals surface area contributed by atoms with Gasteiger partial charge in [-0.05, 0) is 36.6 Å². The Morgan fingerprint density at radius 1 is 1.04 bits per heavy atom. The van der Waals surface area contributed by atoms with E-state index in [9.17, 15) is 18.4 Å². The van der Waals surface area contributed by atoms with Crippen LogP contribution >= 0.6 is 0 Å². The van der Waals surface area contributed by atoms with Gasteiger partial charge in [-0.25, -0.2) is 0 Å². The highest BCUT2D eigenvalue weighted by molar-refractivity contribution is 5.98. The lowest BCUT2D eigenvalue weighted by molar-refractivity contribution is -0.137. The Labute approximate surface area is 156 Å². The minimum absolute atomic E-state index is 0.354. The molecule has 0 unspecified atom stereocenters. The van der Waals surface area contributed by atoms with Crippen molar-refractivity contribution in [3.05, 3.63) is 65.4 Å². The Hall–Kier alpha value is -2.87. The lowest BCUT2D eigenvalue weighted by atomic mass is 9.92. The van der Waals surface area contributed by atoms with Gasteiger partial charge in [-0.1, -0.05) is 50.1 Å². The van der Waals surface area contributed by atoms with Crippen LogP contribution in [0.2, 0.25) is 0 Å². The summed E-state index contributed by atoms with van der Waals surface area (Å²) in [4.78, 5) is 4.54. The number of rotatable bonds is 5. The van der Waals surface area contributed by atoms with E-state index in [0.29, 0.717) is 34.1 Å². The molecule has 5 heteroatoms. The number of hydrogen-bond acceptors (Lipinski definition) is 2. The highest BCUT2D eigenvalue weighted by Crippen LogP contribution is 2.37. The summed E-state index contributed by atoms with van der Waals surface area (Å²) in [5.74, 6) is 0. The van der Waals surface area contributed by atoms with E-state index in [1.807, 2.05) is 30.3 Å². The zero-order valence-corrected chi connectivity index (χ0v) is 15.0. The van der Waals surface area contributed by atoms with Crippen molar-refractivity contribution in [2.45, 2.75) is 38.8 Å². The van der Waals surface area contributed by atoms with E-state index in [4.69, 9.17) is 0 Å². The number of benzene rings is 2. The van der Waals surface area contributed by atoms with E-state index in [1.165, 1.54) is 6.07 Å². The smallest absolute Gasteiger partial charge is 0.251 e. The number of halogens is 3. The molecular weight excluding hydrogens is 349 g/mol. The molecule has 0 saturated carbocycles. The fourth-order valence-electron chi connectivity index (χ4n) is 3.24. The number of aryl methyl sites for hydroxylation is 1. The number of alkyl halides is 3. The van der Waals surface area contributed by atoms with Gasteiger partial charge >= 0.3 is 6.18 Å². The third kappa shape index (κ3) is 3.95. The van der Waals surface area contributed by atoms with Gasteiger partial charge < -0.3 is 0 Å². The molecule has 0 aliphatic carbocycles. The molecular formula is C22H19F3N2. The lowest BCUT2D eigenvalue weighted by Gasteiger charge is -2.15. The van der Waals surface area contributed by atoms with Crippen molar-refractivity contribution in [2.75, 3.05) is 0 Å². The Morgan fingerprint density at radius 3 is 2.41 bits per heavy atom. The predicted octanol–water partition coefficient (Wildman–Crippen LogP) is 6.52. The standard InChI is InChI=1S/C22H19F3N2/c1-2-3-5-10-19-18(14-26)21(15-8-6-4-7-9-15)17-13-16(22(23,24)25)11-12-20(17)27-19/h4,6-9,11-13H,2-3,5,10H2,1H3. The number of nitriles is 1. The summed E-state index contributed by atoms with van der Waals surface area (Å²) in [6, 6.07) is 14.8. The Bertz CT molecular complexity index is 986. The van der Waals surface area contributed by atoms with Gasteiger partial charge in [0.25, 0.3) is 0 Å². The van der Waals surface area contributed by atoms with Gasteiger partial charge in [0.2, 0.25) is 0 Å². The largest absolute Gasteiger partial charge is 0.416 e. The van der Waals surface area contributed by atoms with E-state index in [0.717, 1.165) is 37.0 Å². The van der Waals surface area contributed by atoms with Crippen molar-refractivity contribution in [1.29, 1.82) is 5.26 Å². The summed E-state index contributed by atoms with van der Waals surface area (Å²) < 4.78 is 39.7. The highest BCUT2D eigenvalue weighted by Gasteiger charge is 2.31. The monoisotopic (exact) mass is 368 g/mol. The zero-order chi connectivity index (χ0) is 19.4. The van der Waals surface area contributed by atoms with E-state index in [1.54, 1.807) is 0 Å². The number of aromatic nitrogens is 1. The van der Waals surface area contributed by atoms with Gasteiger partial charge in [-0.15, -0.1) is 0 Å². The average molecular weight is 368 g/mol. The first-order chi connectivity index (χ1) is 13.0. The van der Waals surface area contributed by atoms with Crippen LogP contribution in [0, 0.1) is 11.3 Å². The molecule has 0 amide bonds. The van der Waals surface area contributed by atoms with Gasteiger partial charge in [0.05, 0.1) is 22.3 Å². The molecule has 0 fully saturated rings. The molecule has 0 aliphatic heterocycles. The topological polar surface area (TPSA) is 36.7 Å². The minimum Gasteiger partial charge on any atom is -0.251 e. The number of nitrogens with zero attached hydrogens (tertiary/aromatic N) is 2. The third-order valence-corrected chi connectivity index (χ3v) is 4.58. The number of hydrogen-bond donors (Lipinski definition) is 0. The summed E-state index contributed by atoms with van der Waals surface area (Å²) in [5.41, 5.74) is 2.00. The van der Waals surface area contributed by atoms with E-state index in [-0.39, 0.29) is 0 Å². The SMILES string of the molecule is CCCCCc1nc2ccc(C(F)(F)F)cc2c(-c2ccccc2)c1C#N. The molecule has 0 bridgehead atoms. The average Bonchev–Trinajstić information content (AvgIpc) is 2.66. The van der Waals surface area contributed by atoms with Gasteiger partial charge in [0.15, 0.2) is 0 Å². The molecule has 0 spiro atoms. The molecule has 0 N–H and O–H groups in total. The Balaban J connectivity index is 2.31. The minimum atomic E-state index is -4.45. The normalized spacial score (nSPS) is 11.5. The van der Waals surface area contributed by atoms with E-state index >= 15 is 0 Å². The van der Waals surface area contributed by atoms with Crippen LogP contribution in [0.5, 0.6) is 0 Å². The molecule has 2 nitrogen and oxygen atoms in total. The predicted molar refractivity (Wildman–Crippen MR) is 100 cm³/mol. The molecule has 0 saturated heterocycles. The number of pyridine rings is 1. The fraction of sp³-hybridized carbons (Fsp3) is 0.273. The molecule has 138 valence electrons. The molecule has 0 radical (unpaired) electrons. The third-order valence-electron chi connectivity index (χ3n) is 4.58. The molecule has 3 aromatic rings. The molecule has 1 heterocycles.